The van der Waals surface area contributed by atoms with Gasteiger partial charge in [-0.15, -0.1) is 0 Å². The number of para-hydroxylation sites is 1. The number of hydrogen-bond acceptors (Lipinski definition) is 4. The molecule has 0 aliphatic rings. The molecule has 3 rings (SSSR count). The van der Waals surface area contributed by atoms with Crippen molar-refractivity contribution in [1.29, 1.82) is 0 Å². The fourth-order valence-corrected chi connectivity index (χ4v) is 2.37. The van der Waals surface area contributed by atoms with Gasteiger partial charge in [0.2, 0.25) is 0 Å². The zero-order chi connectivity index (χ0) is 19.2. The normalized spacial score (nSPS) is 10.1. The Balaban J connectivity index is 1.64. The van der Waals surface area contributed by atoms with Crippen LogP contribution >= 0.6 is 0 Å². The van der Waals surface area contributed by atoms with E-state index in [1.807, 2.05) is 18.2 Å². The summed E-state index contributed by atoms with van der Waals surface area (Å²) >= 11 is 0. The van der Waals surface area contributed by atoms with E-state index in [0.29, 0.717) is 22.5 Å². The van der Waals surface area contributed by atoms with Gasteiger partial charge in [-0.05, 0) is 48.5 Å². The first-order valence-corrected chi connectivity index (χ1v) is 8.05. The first-order valence-electron chi connectivity index (χ1n) is 8.05. The second-order valence-electron chi connectivity index (χ2n) is 5.66. The molecule has 7 heteroatoms. The summed E-state index contributed by atoms with van der Waals surface area (Å²) < 4.78 is 0. The molecule has 0 aliphatic heterocycles. The maximum absolute atomic E-state index is 12.2. The monoisotopic (exact) mass is 361 g/mol. The lowest BCUT2D eigenvalue weighted by atomic mass is 10.1. The van der Waals surface area contributed by atoms with E-state index in [-0.39, 0.29) is 11.6 Å². The van der Waals surface area contributed by atoms with Crippen LogP contribution in [0.15, 0.2) is 78.9 Å². The van der Waals surface area contributed by atoms with E-state index < -0.39 is 10.8 Å². The molecule has 0 unspecified atom stereocenters. The summed E-state index contributed by atoms with van der Waals surface area (Å²) in [4.78, 5) is 34.5. The highest BCUT2D eigenvalue weighted by Gasteiger charge is 2.11. The number of carbonyl (C=O) groups is 2. The molecule has 7 nitrogen and oxygen atoms in total. The number of hydrogen-bond donors (Lipinski definition) is 2. The molecule has 0 aliphatic carbocycles. The molecule has 0 heterocycles. The third-order valence-electron chi connectivity index (χ3n) is 3.78. The van der Waals surface area contributed by atoms with Crippen LogP contribution in [0.25, 0.3) is 0 Å². The molecular formula is C20H15N3O4. The Morgan fingerprint density at radius 1 is 0.667 bits per heavy atom. The molecule has 0 aromatic heterocycles. The van der Waals surface area contributed by atoms with Gasteiger partial charge in [0.1, 0.15) is 0 Å². The number of amides is 2. The standard InChI is InChI=1S/C20H15N3O4/c24-19(21-16-4-2-1-3-5-16)14-6-10-17(11-7-14)22-20(25)15-8-12-18(13-9-15)23(26)27/h1-13H,(H,21,24)(H,22,25). The van der Waals surface area contributed by atoms with Crippen LogP contribution in [-0.4, -0.2) is 16.7 Å². The molecule has 2 amide bonds. The van der Waals surface area contributed by atoms with E-state index in [2.05, 4.69) is 10.6 Å². The largest absolute Gasteiger partial charge is 0.322 e. The predicted molar refractivity (Wildman–Crippen MR) is 102 cm³/mol. The van der Waals surface area contributed by atoms with Crippen LogP contribution in [0.3, 0.4) is 0 Å². The highest BCUT2D eigenvalue weighted by Crippen LogP contribution is 2.16. The summed E-state index contributed by atoms with van der Waals surface area (Å²) in [5.74, 6) is -0.652. The molecular weight excluding hydrogens is 346 g/mol. The fraction of sp³-hybridized carbons (Fsp3) is 0. The van der Waals surface area contributed by atoms with Crippen molar-refractivity contribution in [2.24, 2.45) is 0 Å². The molecule has 0 radical (unpaired) electrons. The van der Waals surface area contributed by atoms with E-state index in [1.54, 1.807) is 36.4 Å². The Hall–Kier alpha value is -4.00. The average molecular weight is 361 g/mol. The molecule has 2 N–H and O–H groups in total. The predicted octanol–water partition coefficient (Wildman–Crippen LogP) is 4.10. The van der Waals surface area contributed by atoms with Crippen molar-refractivity contribution in [3.8, 4) is 0 Å². The topological polar surface area (TPSA) is 101 Å². The number of nitro groups is 1. The number of nitrogens with zero attached hydrogens (tertiary/aromatic N) is 1. The SMILES string of the molecule is O=C(Nc1ccccc1)c1ccc(NC(=O)c2ccc([N+](=O)[O-])cc2)cc1. The number of nitro benzene ring substituents is 1. The maximum atomic E-state index is 12.2. The van der Waals surface area contributed by atoms with E-state index >= 15 is 0 Å². The van der Waals surface area contributed by atoms with Gasteiger partial charge in [0.15, 0.2) is 0 Å². The van der Waals surface area contributed by atoms with Gasteiger partial charge in [-0.1, -0.05) is 18.2 Å². The molecule has 0 bridgehead atoms. The number of benzene rings is 3. The summed E-state index contributed by atoms with van der Waals surface area (Å²) in [6.45, 7) is 0. The molecule has 0 atom stereocenters. The minimum absolute atomic E-state index is 0.0830. The Morgan fingerprint density at radius 3 is 1.59 bits per heavy atom. The van der Waals surface area contributed by atoms with Gasteiger partial charge in [-0.25, -0.2) is 0 Å². The second-order valence-corrected chi connectivity index (χ2v) is 5.66. The lowest BCUT2D eigenvalue weighted by Crippen LogP contribution is -2.13. The summed E-state index contributed by atoms with van der Waals surface area (Å²) in [7, 11) is 0. The highest BCUT2D eigenvalue weighted by atomic mass is 16.6. The lowest BCUT2D eigenvalue weighted by Gasteiger charge is -2.08. The highest BCUT2D eigenvalue weighted by molar-refractivity contribution is 6.06. The van der Waals surface area contributed by atoms with E-state index in [9.17, 15) is 19.7 Å². The van der Waals surface area contributed by atoms with Crippen molar-refractivity contribution in [2.75, 3.05) is 10.6 Å². The number of non-ortho nitro benzene ring substituents is 1. The molecule has 0 saturated heterocycles. The summed E-state index contributed by atoms with van der Waals surface area (Å²) in [6.07, 6.45) is 0. The van der Waals surface area contributed by atoms with Gasteiger partial charge >= 0.3 is 0 Å². The van der Waals surface area contributed by atoms with Crippen molar-refractivity contribution in [3.05, 3.63) is 100 Å². The van der Waals surface area contributed by atoms with Crippen LogP contribution in [0.4, 0.5) is 17.1 Å². The smallest absolute Gasteiger partial charge is 0.269 e. The van der Waals surface area contributed by atoms with Gasteiger partial charge < -0.3 is 10.6 Å². The van der Waals surface area contributed by atoms with E-state index in [4.69, 9.17) is 0 Å². The Bertz CT molecular complexity index is 968. The molecule has 27 heavy (non-hydrogen) atoms. The minimum atomic E-state index is -0.527. The molecule has 134 valence electrons. The summed E-state index contributed by atoms with van der Waals surface area (Å²) in [5.41, 5.74) is 1.87. The Kier molecular flexibility index (Phi) is 5.22. The molecule has 3 aromatic rings. The minimum Gasteiger partial charge on any atom is -0.322 e. The number of nitrogens with one attached hydrogen (secondary N) is 2. The Morgan fingerprint density at radius 2 is 1.11 bits per heavy atom. The number of anilines is 2. The zero-order valence-corrected chi connectivity index (χ0v) is 14.1. The third-order valence-corrected chi connectivity index (χ3v) is 3.78. The molecule has 0 fully saturated rings. The maximum Gasteiger partial charge on any atom is 0.269 e. The van der Waals surface area contributed by atoms with Crippen molar-refractivity contribution in [1.82, 2.24) is 0 Å². The molecule has 3 aromatic carbocycles. The van der Waals surface area contributed by atoms with E-state index in [1.165, 1.54) is 24.3 Å². The Labute approximate surface area is 154 Å². The lowest BCUT2D eigenvalue weighted by molar-refractivity contribution is -0.384. The van der Waals surface area contributed by atoms with Crippen molar-refractivity contribution >= 4 is 28.9 Å². The summed E-state index contributed by atoms with van der Waals surface area (Å²) in [6, 6.07) is 20.8. The zero-order valence-electron chi connectivity index (χ0n) is 14.1. The van der Waals surface area contributed by atoms with Crippen molar-refractivity contribution < 1.29 is 14.5 Å². The van der Waals surface area contributed by atoms with E-state index in [0.717, 1.165) is 0 Å². The van der Waals surface area contributed by atoms with Crippen LogP contribution in [0.5, 0.6) is 0 Å². The first-order chi connectivity index (χ1) is 13.0. The fourth-order valence-electron chi connectivity index (χ4n) is 2.37. The third kappa shape index (κ3) is 4.55. The van der Waals surface area contributed by atoms with Crippen molar-refractivity contribution in [3.63, 3.8) is 0 Å². The molecule has 0 spiro atoms. The van der Waals surface area contributed by atoms with Gasteiger partial charge in [-0.2, -0.15) is 0 Å². The first kappa shape index (κ1) is 17.8. The second kappa shape index (κ2) is 7.92. The number of carbonyl (C=O) groups excluding carboxylic acids is 2. The van der Waals surface area contributed by atoms with Gasteiger partial charge in [0, 0.05) is 34.6 Å². The van der Waals surface area contributed by atoms with Gasteiger partial charge in [0.05, 0.1) is 4.92 Å². The van der Waals surface area contributed by atoms with Crippen molar-refractivity contribution in [2.45, 2.75) is 0 Å². The van der Waals surface area contributed by atoms with Gasteiger partial charge in [-0.3, -0.25) is 19.7 Å². The van der Waals surface area contributed by atoms with Crippen LogP contribution < -0.4 is 10.6 Å². The summed E-state index contributed by atoms with van der Waals surface area (Å²) in [5, 5.41) is 16.1. The number of rotatable bonds is 5. The molecule has 0 saturated carbocycles. The van der Waals surface area contributed by atoms with Crippen LogP contribution in [0.1, 0.15) is 20.7 Å². The quantitative estimate of drug-likeness (QED) is 0.527. The van der Waals surface area contributed by atoms with Crippen LogP contribution in [-0.2, 0) is 0 Å². The van der Waals surface area contributed by atoms with Gasteiger partial charge in [0.25, 0.3) is 17.5 Å². The average Bonchev–Trinajstić information content (AvgIpc) is 2.69. The van der Waals surface area contributed by atoms with Crippen LogP contribution in [0, 0.1) is 10.1 Å². The van der Waals surface area contributed by atoms with Crippen LogP contribution in [0.2, 0.25) is 0 Å².